The molecule has 136 valence electrons. The fraction of sp³-hybridized carbons (Fsp3) is 0.115. The first-order valence-corrected chi connectivity index (χ1v) is 9.75. The molecule has 1 heterocycles. The number of hydrazone groups is 1. The highest BCUT2D eigenvalue weighted by Gasteiger charge is 2.29. The Morgan fingerprint density at radius 3 is 2.25 bits per heavy atom. The number of nitrogens with zero attached hydrogens (tertiary/aromatic N) is 2. The van der Waals surface area contributed by atoms with E-state index in [1.807, 2.05) is 0 Å². The quantitative estimate of drug-likeness (QED) is 0.406. The SMILES string of the molecule is Cc1ccc(C2CC(c3ccc4ccccc4c3)=NN2c2ccccc2)cc1. The number of benzene rings is 4. The summed E-state index contributed by atoms with van der Waals surface area (Å²) in [4.78, 5) is 0. The van der Waals surface area contributed by atoms with Gasteiger partial charge in [0.25, 0.3) is 0 Å². The van der Waals surface area contributed by atoms with Crippen molar-refractivity contribution in [1.82, 2.24) is 0 Å². The van der Waals surface area contributed by atoms with Gasteiger partial charge in [-0.2, -0.15) is 5.10 Å². The molecule has 4 aromatic carbocycles. The molecule has 0 spiro atoms. The molecule has 2 heteroatoms. The van der Waals surface area contributed by atoms with Crippen LogP contribution in [0.25, 0.3) is 10.8 Å². The zero-order valence-electron chi connectivity index (χ0n) is 15.9. The Labute approximate surface area is 165 Å². The van der Waals surface area contributed by atoms with Gasteiger partial charge in [-0.15, -0.1) is 0 Å². The summed E-state index contributed by atoms with van der Waals surface area (Å²) in [7, 11) is 0. The Hall–Kier alpha value is -3.39. The third-order valence-corrected chi connectivity index (χ3v) is 5.48. The Bertz CT molecular complexity index is 1140. The van der Waals surface area contributed by atoms with Gasteiger partial charge in [0, 0.05) is 6.42 Å². The molecule has 1 unspecified atom stereocenters. The van der Waals surface area contributed by atoms with Gasteiger partial charge in [-0.05, 0) is 47.0 Å². The molecule has 0 fully saturated rings. The maximum Gasteiger partial charge on any atom is 0.0831 e. The summed E-state index contributed by atoms with van der Waals surface area (Å²) in [5, 5.41) is 9.76. The summed E-state index contributed by atoms with van der Waals surface area (Å²) in [6, 6.07) is 34.7. The number of rotatable bonds is 3. The van der Waals surface area contributed by atoms with Crippen LogP contribution in [0.1, 0.15) is 29.2 Å². The van der Waals surface area contributed by atoms with Crippen LogP contribution < -0.4 is 5.01 Å². The summed E-state index contributed by atoms with van der Waals surface area (Å²) in [5.41, 5.74) is 6.05. The molecule has 5 rings (SSSR count). The van der Waals surface area contributed by atoms with E-state index in [4.69, 9.17) is 5.10 Å². The molecule has 1 aliphatic rings. The number of hydrogen-bond acceptors (Lipinski definition) is 2. The number of fused-ring (bicyclic) bond motifs is 1. The average molecular weight is 362 g/mol. The number of hydrogen-bond donors (Lipinski definition) is 0. The minimum atomic E-state index is 0.212. The van der Waals surface area contributed by atoms with Crippen molar-refractivity contribution in [2.24, 2.45) is 5.10 Å². The highest BCUT2D eigenvalue weighted by atomic mass is 15.5. The molecular weight excluding hydrogens is 340 g/mol. The van der Waals surface area contributed by atoms with Crippen LogP contribution in [0, 0.1) is 6.92 Å². The smallest absolute Gasteiger partial charge is 0.0831 e. The van der Waals surface area contributed by atoms with Crippen LogP contribution in [0.15, 0.2) is 102 Å². The molecule has 1 atom stereocenters. The lowest BCUT2D eigenvalue weighted by molar-refractivity contribution is 0.709. The average Bonchev–Trinajstić information content (AvgIpc) is 3.20. The van der Waals surface area contributed by atoms with E-state index in [1.54, 1.807) is 0 Å². The molecule has 28 heavy (non-hydrogen) atoms. The predicted octanol–water partition coefficient (Wildman–Crippen LogP) is 6.50. The van der Waals surface area contributed by atoms with Crippen molar-refractivity contribution in [2.75, 3.05) is 5.01 Å². The predicted molar refractivity (Wildman–Crippen MR) is 118 cm³/mol. The van der Waals surface area contributed by atoms with Gasteiger partial charge in [0.2, 0.25) is 0 Å². The van der Waals surface area contributed by atoms with E-state index in [2.05, 4.69) is 109 Å². The molecular formula is C26H22N2. The third kappa shape index (κ3) is 3.07. The van der Waals surface area contributed by atoms with Crippen LogP contribution in [0.2, 0.25) is 0 Å². The van der Waals surface area contributed by atoms with Crippen LogP contribution in [-0.2, 0) is 0 Å². The van der Waals surface area contributed by atoms with E-state index in [0.29, 0.717) is 0 Å². The van der Waals surface area contributed by atoms with Crippen LogP contribution in [0.5, 0.6) is 0 Å². The zero-order valence-corrected chi connectivity index (χ0v) is 15.9. The molecule has 0 saturated carbocycles. The molecule has 0 aromatic heterocycles. The Kier molecular flexibility index (Phi) is 4.17. The fourth-order valence-corrected chi connectivity index (χ4v) is 3.92. The second-order valence-electron chi connectivity index (χ2n) is 7.42. The minimum Gasteiger partial charge on any atom is -0.257 e. The van der Waals surface area contributed by atoms with E-state index in [-0.39, 0.29) is 6.04 Å². The molecule has 0 aliphatic carbocycles. The molecule has 4 aromatic rings. The largest absolute Gasteiger partial charge is 0.257 e. The molecule has 0 bridgehead atoms. The van der Waals surface area contributed by atoms with E-state index in [0.717, 1.165) is 17.8 Å². The van der Waals surface area contributed by atoms with Gasteiger partial charge in [-0.1, -0.05) is 84.4 Å². The second-order valence-corrected chi connectivity index (χ2v) is 7.42. The van der Waals surface area contributed by atoms with Crippen molar-refractivity contribution in [1.29, 1.82) is 0 Å². The first-order valence-electron chi connectivity index (χ1n) is 9.75. The summed E-state index contributed by atoms with van der Waals surface area (Å²) < 4.78 is 0. The van der Waals surface area contributed by atoms with E-state index >= 15 is 0 Å². The van der Waals surface area contributed by atoms with Crippen LogP contribution >= 0.6 is 0 Å². The van der Waals surface area contributed by atoms with Crippen molar-refractivity contribution >= 4 is 22.2 Å². The number of para-hydroxylation sites is 1. The lowest BCUT2D eigenvalue weighted by atomic mass is 9.96. The molecule has 0 radical (unpaired) electrons. The highest BCUT2D eigenvalue weighted by molar-refractivity contribution is 6.05. The van der Waals surface area contributed by atoms with E-state index in [1.165, 1.54) is 27.5 Å². The Morgan fingerprint density at radius 1 is 0.750 bits per heavy atom. The maximum absolute atomic E-state index is 5.07. The van der Waals surface area contributed by atoms with Gasteiger partial charge in [0.05, 0.1) is 17.4 Å². The van der Waals surface area contributed by atoms with E-state index < -0.39 is 0 Å². The van der Waals surface area contributed by atoms with Crippen LogP contribution in [0.3, 0.4) is 0 Å². The van der Waals surface area contributed by atoms with Gasteiger partial charge < -0.3 is 0 Å². The normalized spacial score (nSPS) is 16.4. The van der Waals surface area contributed by atoms with Gasteiger partial charge >= 0.3 is 0 Å². The monoisotopic (exact) mass is 362 g/mol. The lowest BCUT2D eigenvalue weighted by Gasteiger charge is -2.24. The zero-order chi connectivity index (χ0) is 18.9. The van der Waals surface area contributed by atoms with Gasteiger partial charge in [0.15, 0.2) is 0 Å². The molecule has 1 aliphatic heterocycles. The molecule has 0 N–H and O–H groups in total. The molecule has 2 nitrogen and oxygen atoms in total. The lowest BCUT2D eigenvalue weighted by Crippen LogP contribution is -2.18. The van der Waals surface area contributed by atoms with Crippen molar-refractivity contribution in [3.8, 4) is 0 Å². The summed E-state index contributed by atoms with van der Waals surface area (Å²) in [5.74, 6) is 0. The number of anilines is 1. The van der Waals surface area contributed by atoms with Gasteiger partial charge in [-0.25, -0.2) is 0 Å². The topological polar surface area (TPSA) is 15.6 Å². The van der Waals surface area contributed by atoms with Crippen LogP contribution in [0.4, 0.5) is 5.69 Å². The fourth-order valence-electron chi connectivity index (χ4n) is 3.92. The Morgan fingerprint density at radius 2 is 1.46 bits per heavy atom. The van der Waals surface area contributed by atoms with Crippen molar-refractivity contribution in [3.05, 3.63) is 114 Å². The first-order chi connectivity index (χ1) is 13.8. The molecule has 0 saturated heterocycles. The second kappa shape index (κ2) is 6.97. The standard InChI is InChI=1S/C26H22N2/c1-19-11-13-21(14-12-19)26-18-25(27-28(26)24-9-3-2-4-10-24)23-16-15-20-7-5-6-8-22(20)17-23/h2-17,26H,18H2,1H3. The summed E-state index contributed by atoms with van der Waals surface area (Å²) in [6.45, 7) is 2.13. The van der Waals surface area contributed by atoms with Gasteiger partial charge in [-0.3, -0.25) is 5.01 Å². The molecule has 0 amide bonds. The van der Waals surface area contributed by atoms with Crippen molar-refractivity contribution < 1.29 is 0 Å². The first kappa shape index (κ1) is 16.8. The minimum absolute atomic E-state index is 0.212. The van der Waals surface area contributed by atoms with E-state index in [9.17, 15) is 0 Å². The van der Waals surface area contributed by atoms with Crippen molar-refractivity contribution in [2.45, 2.75) is 19.4 Å². The summed E-state index contributed by atoms with van der Waals surface area (Å²) in [6.07, 6.45) is 0.899. The summed E-state index contributed by atoms with van der Waals surface area (Å²) >= 11 is 0. The number of aryl methyl sites for hydroxylation is 1. The van der Waals surface area contributed by atoms with Crippen LogP contribution in [-0.4, -0.2) is 5.71 Å². The Balaban J connectivity index is 1.57. The van der Waals surface area contributed by atoms with Gasteiger partial charge in [0.1, 0.15) is 0 Å². The third-order valence-electron chi connectivity index (χ3n) is 5.48. The van der Waals surface area contributed by atoms with Crippen molar-refractivity contribution in [3.63, 3.8) is 0 Å². The maximum atomic E-state index is 5.07. The highest BCUT2D eigenvalue weighted by Crippen LogP contribution is 2.37.